The first-order chi connectivity index (χ1) is 10.6. The minimum absolute atomic E-state index is 0.217. The predicted octanol–water partition coefficient (Wildman–Crippen LogP) is 0.706. The highest BCUT2D eigenvalue weighted by molar-refractivity contribution is 5.58. The standard InChI is InChI=1S/C14H14N6O2/c1-9-12(16-11-8-15-18-14(22)17-11)13(21)20(19(9)2)10-6-4-3-5-7-10/h3-8H,1-2H3,(H2,16,17,18,22). The van der Waals surface area contributed by atoms with Crippen molar-refractivity contribution in [3.05, 3.63) is 63.1 Å². The van der Waals surface area contributed by atoms with Crippen LogP contribution in [0.25, 0.3) is 5.69 Å². The number of rotatable bonds is 3. The van der Waals surface area contributed by atoms with Crippen molar-refractivity contribution in [2.75, 3.05) is 5.32 Å². The maximum absolute atomic E-state index is 12.6. The third-order valence-electron chi connectivity index (χ3n) is 3.38. The van der Waals surface area contributed by atoms with Crippen LogP contribution in [-0.2, 0) is 7.05 Å². The van der Waals surface area contributed by atoms with E-state index in [2.05, 4.69) is 20.5 Å². The second kappa shape index (κ2) is 5.32. The van der Waals surface area contributed by atoms with E-state index in [1.54, 1.807) is 11.7 Å². The fourth-order valence-electron chi connectivity index (χ4n) is 2.21. The van der Waals surface area contributed by atoms with Crippen LogP contribution in [0.5, 0.6) is 0 Å². The lowest BCUT2D eigenvalue weighted by atomic mass is 10.3. The van der Waals surface area contributed by atoms with Crippen molar-refractivity contribution in [2.45, 2.75) is 6.92 Å². The first-order valence-corrected chi connectivity index (χ1v) is 6.60. The predicted molar refractivity (Wildman–Crippen MR) is 81.7 cm³/mol. The molecule has 3 rings (SSSR count). The Morgan fingerprint density at radius 1 is 1.18 bits per heavy atom. The van der Waals surface area contributed by atoms with Gasteiger partial charge in [-0.1, -0.05) is 18.2 Å². The van der Waals surface area contributed by atoms with Crippen molar-refractivity contribution >= 4 is 11.5 Å². The minimum Gasteiger partial charge on any atom is -0.333 e. The molecule has 0 radical (unpaired) electrons. The van der Waals surface area contributed by atoms with E-state index in [0.29, 0.717) is 5.69 Å². The number of hydrogen-bond acceptors (Lipinski definition) is 5. The van der Waals surface area contributed by atoms with E-state index in [-0.39, 0.29) is 11.4 Å². The first kappa shape index (κ1) is 13.8. The van der Waals surface area contributed by atoms with Crippen molar-refractivity contribution < 1.29 is 0 Å². The number of nitrogens with zero attached hydrogens (tertiary/aromatic N) is 4. The monoisotopic (exact) mass is 298 g/mol. The maximum atomic E-state index is 12.6. The molecule has 2 N–H and O–H groups in total. The van der Waals surface area contributed by atoms with Gasteiger partial charge < -0.3 is 5.32 Å². The Hall–Kier alpha value is -3.16. The van der Waals surface area contributed by atoms with Gasteiger partial charge in [0.15, 0.2) is 5.82 Å². The van der Waals surface area contributed by atoms with E-state index in [9.17, 15) is 9.59 Å². The van der Waals surface area contributed by atoms with Crippen LogP contribution in [0.4, 0.5) is 11.5 Å². The van der Waals surface area contributed by atoms with Gasteiger partial charge in [0.2, 0.25) is 0 Å². The zero-order valence-electron chi connectivity index (χ0n) is 12.1. The molecule has 2 aromatic heterocycles. The van der Waals surface area contributed by atoms with E-state index in [4.69, 9.17) is 0 Å². The molecule has 0 aliphatic heterocycles. The summed E-state index contributed by atoms with van der Waals surface area (Å²) in [7, 11) is 1.79. The number of para-hydroxylation sites is 1. The SMILES string of the molecule is Cc1c(Nc2cn[nH]c(=O)n2)c(=O)n(-c2ccccc2)n1C. The van der Waals surface area contributed by atoms with Crippen LogP contribution >= 0.6 is 0 Å². The van der Waals surface area contributed by atoms with Crippen LogP contribution in [0, 0.1) is 6.92 Å². The van der Waals surface area contributed by atoms with E-state index in [1.807, 2.05) is 37.3 Å². The van der Waals surface area contributed by atoms with Crippen LogP contribution in [0.1, 0.15) is 5.69 Å². The Morgan fingerprint density at radius 2 is 1.91 bits per heavy atom. The van der Waals surface area contributed by atoms with Gasteiger partial charge in [0.25, 0.3) is 5.56 Å². The summed E-state index contributed by atoms with van der Waals surface area (Å²) < 4.78 is 3.28. The lowest BCUT2D eigenvalue weighted by molar-refractivity contribution is 0.630. The Kier molecular flexibility index (Phi) is 3.34. The Bertz CT molecular complexity index is 922. The van der Waals surface area contributed by atoms with Gasteiger partial charge in [-0.25, -0.2) is 14.6 Å². The zero-order chi connectivity index (χ0) is 15.7. The van der Waals surface area contributed by atoms with Crippen molar-refractivity contribution in [2.24, 2.45) is 7.05 Å². The second-order valence-corrected chi connectivity index (χ2v) is 4.73. The number of nitrogens with one attached hydrogen (secondary N) is 2. The van der Waals surface area contributed by atoms with Crippen molar-refractivity contribution in [3.8, 4) is 5.69 Å². The zero-order valence-corrected chi connectivity index (χ0v) is 12.1. The molecule has 0 saturated carbocycles. The van der Waals surface area contributed by atoms with Crippen molar-refractivity contribution in [1.29, 1.82) is 0 Å². The van der Waals surface area contributed by atoms with Crippen LogP contribution in [0.15, 0.2) is 46.1 Å². The largest absolute Gasteiger partial charge is 0.363 e. The van der Waals surface area contributed by atoms with Crippen molar-refractivity contribution in [1.82, 2.24) is 24.5 Å². The normalized spacial score (nSPS) is 10.6. The topological polar surface area (TPSA) is 97.6 Å². The number of aromatic nitrogens is 5. The van der Waals surface area contributed by atoms with Gasteiger partial charge in [-0.05, 0) is 19.1 Å². The van der Waals surface area contributed by atoms with Gasteiger partial charge in [-0.3, -0.25) is 9.48 Å². The highest BCUT2D eigenvalue weighted by Crippen LogP contribution is 2.16. The molecule has 0 aliphatic carbocycles. The molecule has 0 amide bonds. The average Bonchev–Trinajstić information content (AvgIpc) is 2.72. The van der Waals surface area contributed by atoms with Gasteiger partial charge in [-0.2, -0.15) is 10.1 Å². The molecule has 0 saturated heterocycles. The lowest BCUT2D eigenvalue weighted by Gasteiger charge is -2.07. The molecule has 22 heavy (non-hydrogen) atoms. The summed E-state index contributed by atoms with van der Waals surface area (Å²) in [5.74, 6) is 0.217. The molecule has 0 fully saturated rings. The number of anilines is 2. The summed E-state index contributed by atoms with van der Waals surface area (Å²) in [4.78, 5) is 27.6. The quantitative estimate of drug-likeness (QED) is 0.742. The highest BCUT2D eigenvalue weighted by Gasteiger charge is 2.16. The van der Waals surface area contributed by atoms with Crippen molar-refractivity contribution in [3.63, 3.8) is 0 Å². The van der Waals surface area contributed by atoms with Gasteiger partial charge >= 0.3 is 5.69 Å². The van der Waals surface area contributed by atoms with Crippen LogP contribution < -0.4 is 16.6 Å². The third kappa shape index (κ3) is 2.30. The summed E-state index contributed by atoms with van der Waals surface area (Å²) in [5.41, 5.74) is 1.01. The average molecular weight is 298 g/mol. The van der Waals surface area contributed by atoms with Gasteiger partial charge in [0, 0.05) is 7.05 Å². The highest BCUT2D eigenvalue weighted by atomic mass is 16.1. The molecular weight excluding hydrogens is 284 g/mol. The molecule has 0 spiro atoms. The summed E-state index contributed by atoms with van der Waals surface area (Å²) in [5, 5.41) is 8.70. The number of aromatic amines is 1. The Morgan fingerprint density at radius 3 is 2.59 bits per heavy atom. The summed E-state index contributed by atoms with van der Waals surface area (Å²) >= 11 is 0. The summed E-state index contributed by atoms with van der Waals surface area (Å²) in [6.45, 7) is 1.81. The maximum Gasteiger partial charge on any atom is 0.363 e. The molecule has 0 aliphatic rings. The number of benzene rings is 1. The molecule has 3 aromatic rings. The van der Waals surface area contributed by atoms with E-state index in [1.165, 1.54) is 10.9 Å². The Labute approximate surface area is 125 Å². The molecular formula is C14H14N6O2. The first-order valence-electron chi connectivity index (χ1n) is 6.60. The molecule has 8 heteroatoms. The summed E-state index contributed by atoms with van der Waals surface area (Å²) in [6, 6.07) is 9.30. The van der Waals surface area contributed by atoms with Crippen LogP contribution in [0.2, 0.25) is 0 Å². The van der Waals surface area contributed by atoms with Crippen LogP contribution in [0.3, 0.4) is 0 Å². The van der Waals surface area contributed by atoms with Crippen LogP contribution in [-0.4, -0.2) is 24.5 Å². The van der Waals surface area contributed by atoms with Gasteiger partial charge in [0.05, 0.1) is 17.6 Å². The van der Waals surface area contributed by atoms with E-state index >= 15 is 0 Å². The van der Waals surface area contributed by atoms with E-state index < -0.39 is 5.69 Å². The molecule has 112 valence electrons. The number of hydrogen-bond donors (Lipinski definition) is 2. The lowest BCUT2D eigenvalue weighted by Crippen LogP contribution is -2.21. The Balaban J connectivity index is 2.11. The fourth-order valence-corrected chi connectivity index (χ4v) is 2.21. The molecule has 8 nitrogen and oxygen atoms in total. The van der Waals surface area contributed by atoms with Gasteiger partial charge in [-0.15, -0.1) is 0 Å². The number of H-pyrrole nitrogens is 1. The third-order valence-corrected chi connectivity index (χ3v) is 3.38. The molecule has 0 bridgehead atoms. The molecule has 0 unspecified atom stereocenters. The minimum atomic E-state index is -0.582. The fraction of sp³-hybridized carbons (Fsp3) is 0.143. The summed E-state index contributed by atoms with van der Waals surface area (Å²) in [6.07, 6.45) is 1.35. The molecule has 1 aromatic carbocycles. The second-order valence-electron chi connectivity index (χ2n) is 4.73. The molecule has 2 heterocycles. The van der Waals surface area contributed by atoms with Gasteiger partial charge in [0.1, 0.15) is 5.69 Å². The smallest absolute Gasteiger partial charge is 0.333 e. The van der Waals surface area contributed by atoms with E-state index in [0.717, 1.165) is 11.4 Å². The molecule has 0 atom stereocenters.